The van der Waals surface area contributed by atoms with Crippen LogP contribution >= 0.6 is 11.8 Å². The zero-order chi connectivity index (χ0) is 17.8. The Morgan fingerprint density at radius 2 is 1.96 bits per heavy atom. The first-order chi connectivity index (χ1) is 12.1. The number of nitrogens with one attached hydrogen (secondary N) is 1. The predicted molar refractivity (Wildman–Crippen MR) is 97.7 cm³/mol. The molecule has 0 saturated heterocycles. The number of fused-ring (bicyclic) bond motifs is 1. The van der Waals surface area contributed by atoms with E-state index in [1.54, 1.807) is 42.1 Å². The number of benzene rings is 1. The SMILES string of the molecule is CCn1c(SC(C)C(=O)Nc2ncccn2)nc2ccccc2c1=O. The minimum Gasteiger partial charge on any atom is -0.294 e. The normalized spacial score (nSPS) is 12.1. The fraction of sp³-hybridized carbons (Fsp3) is 0.235. The van der Waals surface area contributed by atoms with Gasteiger partial charge in [-0.15, -0.1) is 0 Å². The Bertz CT molecular complexity index is 958. The maximum Gasteiger partial charge on any atom is 0.262 e. The summed E-state index contributed by atoms with van der Waals surface area (Å²) in [6.45, 7) is 4.11. The average molecular weight is 355 g/mol. The Morgan fingerprint density at radius 3 is 2.68 bits per heavy atom. The molecule has 1 atom stereocenters. The van der Waals surface area contributed by atoms with Crippen molar-refractivity contribution in [2.45, 2.75) is 30.8 Å². The van der Waals surface area contributed by atoms with Gasteiger partial charge in [0.05, 0.1) is 16.2 Å². The van der Waals surface area contributed by atoms with Crippen molar-refractivity contribution < 1.29 is 4.79 Å². The Kier molecular flexibility index (Phi) is 5.08. The summed E-state index contributed by atoms with van der Waals surface area (Å²) in [5.41, 5.74) is 0.522. The van der Waals surface area contributed by atoms with Gasteiger partial charge in [0, 0.05) is 18.9 Å². The molecule has 7 nitrogen and oxygen atoms in total. The van der Waals surface area contributed by atoms with Crippen LogP contribution in [0.1, 0.15) is 13.8 Å². The smallest absolute Gasteiger partial charge is 0.262 e. The van der Waals surface area contributed by atoms with Gasteiger partial charge in [0.1, 0.15) is 0 Å². The number of carbonyl (C=O) groups is 1. The van der Waals surface area contributed by atoms with Gasteiger partial charge < -0.3 is 0 Å². The van der Waals surface area contributed by atoms with Gasteiger partial charge in [-0.3, -0.25) is 19.5 Å². The van der Waals surface area contributed by atoms with Crippen LogP contribution < -0.4 is 10.9 Å². The molecule has 0 radical (unpaired) electrons. The first kappa shape index (κ1) is 17.1. The molecule has 25 heavy (non-hydrogen) atoms. The van der Waals surface area contributed by atoms with Crippen LogP contribution in [0.5, 0.6) is 0 Å². The molecule has 1 amide bonds. The molecule has 2 aromatic heterocycles. The van der Waals surface area contributed by atoms with Crippen molar-refractivity contribution in [3.8, 4) is 0 Å². The Morgan fingerprint density at radius 1 is 1.24 bits per heavy atom. The summed E-state index contributed by atoms with van der Waals surface area (Å²) in [6, 6.07) is 8.88. The van der Waals surface area contributed by atoms with Crippen molar-refractivity contribution in [1.29, 1.82) is 0 Å². The van der Waals surface area contributed by atoms with Crippen molar-refractivity contribution in [1.82, 2.24) is 19.5 Å². The molecule has 0 aliphatic heterocycles. The molecule has 8 heteroatoms. The zero-order valence-electron chi connectivity index (χ0n) is 13.8. The van der Waals surface area contributed by atoms with E-state index in [0.717, 1.165) is 0 Å². The Balaban J connectivity index is 1.86. The standard InChI is InChI=1S/C17H17N5O2S/c1-3-22-15(24)12-7-4-5-8-13(12)20-17(22)25-11(2)14(23)21-16-18-9-6-10-19-16/h4-11H,3H2,1-2H3,(H,18,19,21,23). The van der Waals surface area contributed by atoms with E-state index in [0.29, 0.717) is 22.6 Å². The van der Waals surface area contributed by atoms with Crippen molar-refractivity contribution in [2.75, 3.05) is 5.32 Å². The number of thioether (sulfide) groups is 1. The van der Waals surface area contributed by atoms with Crippen LogP contribution in [-0.2, 0) is 11.3 Å². The number of hydrogen-bond acceptors (Lipinski definition) is 6. The molecule has 2 heterocycles. The summed E-state index contributed by atoms with van der Waals surface area (Å²) in [4.78, 5) is 37.4. The van der Waals surface area contributed by atoms with E-state index in [9.17, 15) is 9.59 Å². The van der Waals surface area contributed by atoms with Crippen molar-refractivity contribution in [3.05, 3.63) is 53.1 Å². The van der Waals surface area contributed by atoms with Crippen LogP contribution in [0, 0.1) is 0 Å². The molecule has 0 aliphatic rings. The lowest BCUT2D eigenvalue weighted by Gasteiger charge is -2.14. The molecule has 128 valence electrons. The van der Waals surface area contributed by atoms with Gasteiger partial charge in [0.2, 0.25) is 11.9 Å². The largest absolute Gasteiger partial charge is 0.294 e. The van der Waals surface area contributed by atoms with Gasteiger partial charge in [-0.1, -0.05) is 23.9 Å². The second kappa shape index (κ2) is 7.43. The third-order valence-corrected chi connectivity index (χ3v) is 4.69. The second-order valence-corrected chi connectivity index (χ2v) is 6.59. The third-order valence-electron chi connectivity index (χ3n) is 3.60. The molecular weight excluding hydrogens is 338 g/mol. The van der Waals surface area contributed by atoms with Gasteiger partial charge in [-0.25, -0.2) is 15.0 Å². The summed E-state index contributed by atoms with van der Waals surface area (Å²) in [5.74, 6) is 0.000522. The highest BCUT2D eigenvalue weighted by atomic mass is 32.2. The predicted octanol–water partition coefficient (Wildman–Crippen LogP) is 2.33. The molecule has 0 spiro atoms. The molecule has 0 aliphatic carbocycles. The van der Waals surface area contributed by atoms with E-state index in [1.807, 2.05) is 19.1 Å². The lowest BCUT2D eigenvalue weighted by Crippen LogP contribution is -2.27. The van der Waals surface area contributed by atoms with Crippen molar-refractivity contribution in [3.63, 3.8) is 0 Å². The van der Waals surface area contributed by atoms with Crippen LogP contribution in [0.3, 0.4) is 0 Å². The second-order valence-electron chi connectivity index (χ2n) is 5.28. The van der Waals surface area contributed by atoms with E-state index in [4.69, 9.17) is 0 Å². The van der Waals surface area contributed by atoms with E-state index in [1.165, 1.54) is 11.8 Å². The first-order valence-corrected chi connectivity index (χ1v) is 8.72. The maximum absolute atomic E-state index is 12.6. The van der Waals surface area contributed by atoms with Crippen LogP contribution in [0.4, 0.5) is 5.95 Å². The number of carbonyl (C=O) groups excluding carboxylic acids is 1. The molecule has 3 aromatic rings. The molecule has 1 unspecified atom stereocenters. The number of rotatable bonds is 5. The topological polar surface area (TPSA) is 89.8 Å². The summed E-state index contributed by atoms with van der Waals surface area (Å²) < 4.78 is 1.58. The molecule has 0 bridgehead atoms. The number of amides is 1. The molecular formula is C17H17N5O2S. The third kappa shape index (κ3) is 3.69. The molecule has 1 N–H and O–H groups in total. The molecule has 3 rings (SSSR count). The monoisotopic (exact) mass is 355 g/mol. The summed E-state index contributed by atoms with van der Waals surface area (Å²) >= 11 is 1.24. The first-order valence-electron chi connectivity index (χ1n) is 7.84. The van der Waals surface area contributed by atoms with E-state index >= 15 is 0 Å². The van der Waals surface area contributed by atoms with Crippen LogP contribution in [0.2, 0.25) is 0 Å². The number of anilines is 1. The maximum atomic E-state index is 12.6. The lowest BCUT2D eigenvalue weighted by molar-refractivity contribution is -0.115. The summed E-state index contributed by atoms with van der Waals surface area (Å²) in [6.07, 6.45) is 3.11. The number of nitrogens with zero attached hydrogens (tertiary/aromatic N) is 4. The van der Waals surface area contributed by atoms with Gasteiger partial charge in [-0.2, -0.15) is 0 Å². The van der Waals surface area contributed by atoms with Crippen molar-refractivity contribution in [2.24, 2.45) is 0 Å². The van der Waals surface area contributed by atoms with Gasteiger partial charge in [0.25, 0.3) is 5.56 Å². The summed E-state index contributed by atoms with van der Waals surface area (Å²) in [5, 5.41) is 3.28. The van der Waals surface area contributed by atoms with E-state index in [-0.39, 0.29) is 17.4 Å². The van der Waals surface area contributed by atoms with Crippen LogP contribution in [-0.4, -0.2) is 30.7 Å². The van der Waals surface area contributed by atoms with Gasteiger partial charge in [0.15, 0.2) is 5.16 Å². The fourth-order valence-corrected chi connectivity index (χ4v) is 3.28. The van der Waals surface area contributed by atoms with E-state index < -0.39 is 5.25 Å². The number of hydrogen-bond donors (Lipinski definition) is 1. The van der Waals surface area contributed by atoms with Gasteiger partial charge in [-0.05, 0) is 32.0 Å². The Labute approximate surface area is 148 Å². The molecule has 0 fully saturated rings. The number of aromatic nitrogens is 4. The number of para-hydroxylation sites is 1. The van der Waals surface area contributed by atoms with Crippen molar-refractivity contribution >= 4 is 34.5 Å². The quantitative estimate of drug-likeness (QED) is 0.558. The average Bonchev–Trinajstić information content (AvgIpc) is 2.63. The minimum atomic E-state index is -0.463. The van der Waals surface area contributed by atoms with Crippen LogP contribution in [0.25, 0.3) is 10.9 Å². The highest BCUT2D eigenvalue weighted by Gasteiger charge is 2.19. The van der Waals surface area contributed by atoms with Crippen LogP contribution in [0.15, 0.2) is 52.7 Å². The minimum absolute atomic E-state index is 0.102. The Hall–Kier alpha value is -2.74. The zero-order valence-corrected chi connectivity index (χ0v) is 14.7. The van der Waals surface area contributed by atoms with E-state index in [2.05, 4.69) is 20.3 Å². The fourth-order valence-electron chi connectivity index (χ4n) is 2.30. The molecule has 0 saturated carbocycles. The highest BCUT2D eigenvalue weighted by molar-refractivity contribution is 8.00. The van der Waals surface area contributed by atoms with Gasteiger partial charge >= 0.3 is 0 Å². The lowest BCUT2D eigenvalue weighted by atomic mass is 10.2. The summed E-state index contributed by atoms with van der Waals surface area (Å²) in [7, 11) is 0. The highest BCUT2D eigenvalue weighted by Crippen LogP contribution is 2.23. The molecule has 1 aromatic carbocycles.